The molecule has 0 aliphatic heterocycles. The lowest BCUT2D eigenvalue weighted by molar-refractivity contribution is 0.788. The van der Waals surface area contributed by atoms with Gasteiger partial charge in [0.15, 0.2) is 5.96 Å². The summed E-state index contributed by atoms with van der Waals surface area (Å²) in [5.74, 6) is 1.29. The fourth-order valence-corrected chi connectivity index (χ4v) is 3.40. The van der Waals surface area contributed by atoms with Crippen LogP contribution in [0.4, 0.5) is 0 Å². The summed E-state index contributed by atoms with van der Waals surface area (Å²) in [7, 11) is 0. The van der Waals surface area contributed by atoms with Crippen molar-refractivity contribution in [2.75, 3.05) is 6.54 Å². The molecule has 0 fully saturated rings. The molecule has 5 nitrogen and oxygen atoms in total. The fraction of sp³-hybridized carbons (Fsp3) is 0.533. The van der Waals surface area contributed by atoms with E-state index in [2.05, 4.69) is 51.7 Å². The third-order valence-electron chi connectivity index (χ3n) is 3.14. The lowest BCUT2D eigenvalue weighted by Gasteiger charge is -2.09. The highest BCUT2D eigenvalue weighted by molar-refractivity contribution is 14.0. The minimum absolute atomic E-state index is 0. The molecule has 0 spiro atoms. The number of nitrogens with zero attached hydrogens (tertiary/aromatic N) is 3. The lowest BCUT2D eigenvalue weighted by atomic mass is 10.2. The minimum atomic E-state index is 0. The van der Waals surface area contributed by atoms with Crippen LogP contribution in [0.5, 0.6) is 0 Å². The Morgan fingerprint density at radius 3 is 2.65 bits per heavy atom. The summed E-state index contributed by atoms with van der Waals surface area (Å²) in [5.41, 5.74) is 4.08. The molecule has 2 aromatic rings. The first kappa shape index (κ1) is 20.3. The quantitative estimate of drug-likeness (QED) is 0.386. The molecule has 0 unspecified atom stereocenters. The van der Waals surface area contributed by atoms with E-state index >= 15 is 0 Å². The van der Waals surface area contributed by atoms with Crippen molar-refractivity contribution in [3.05, 3.63) is 32.2 Å². The van der Waals surface area contributed by atoms with Gasteiger partial charge < -0.3 is 10.6 Å². The van der Waals surface area contributed by atoms with E-state index in [4.69, 9.17) is 0 Å². The SMILES string of the molecule is CCNC(=NCc1scnc1C)NCc1nc(C(C)C)cs1.I. The maximum atomic E-state index is 4.63. The molecule has 0 amide bonds. The predicted molar refractivity (Wildman–Crippen MR) is 110 cm³/mol. The molecular formula is C15H24IN5S2. The monoisotopic (exact) mass is 465 g/mol. The van der Waals surface area contributed by atoms with Gasteiger partial charge in [-0.1, -0.05) is 13.8 Å². The Labute approximate surface area is 163 Å². The maximum absolute atomic E-state index is 4.63. The second kappa shape index (κ2) is 10.2. The van der Waals surface area contributed by atoms with Gasteiger partial charge in [-0.25, -0.2) is 15.0 Å². The zero-order chi connectivity index (χ0) is 15.9. The molecule has 0 atom stereocenters. The van der Waals surface area contributed by atoms with E-state index in [1.807, 2.05) is 12.4 Å². The summed E-state index contributed by atoms with van der Waals surface area (Å²) in [6, 6.07) is 0. The zero-order valence-corrected chi connectivity index (χ0v) is 17.9. The summed E-state index contributed by atoms with van der Waals surface area (Å²) >= 11 is 3.34. The second-order valence-corrected chi connectivity index (χ2v) is 7.11. The maximum Gasteiger partial charge on any atom is 0.191 e. The number of hydrogen-bond acceptors (Lipinski definition) is 5. The molecule has 0 saturated carbocycles. The smallest absolute Gasteiger partial charge is 0.191 e. The van der Waals surface area contributed by atoms with Gasteiger partial charge in [0.1, 0.15) is 5.01 Å². The topological polar surface area (TPSA) is 62.2 Å². The number of aliphatic imine (C=N–C) groups is 1. The fourth-order valence-electron chi connectivity index (χ4n) is 1.80. The van der Waals surface area contributed by atoms with Crippen LogP contribution in [-0.4, -0.2) is 22.5 Å². The molecule has 2 aromatic heterocycles. The van der Waals surface area contributed by atoms with E-state index in [0.717, 1.165) is 28.9 Å². The Kier molecular flexibility index (Phi) is 9.00. The highest BCUT2D eigenvalue weighted by Gasteiger charge is 2.07. The van der Waals surface area contributed by atoms with Crippen LogP contribution >= 0.6 is 46.7 Å². The Bertz CT molecular complexity index is 621. The standard InChI is InChI=1S/C15H23N5S2.HI/c1-5-16-15(17-6-13-11(4)19-9-22-13)18-7-14-20-12(8-21-14)10(2)3;/h8-10H,5-7H2,1-4H3,(H2,16,17,18);1H. The molecule has 0 saturated heterocycles. The first-order valence-electron chi connectivity index (χ1n) is 7.45. The van der Waals surface area contributed by atoms with E-state index in [9.17, 15) is 0 Å². The number of halogens is 1. The first-order valence-corrected chi connectivity index (χ1v) is 9.21. The van der Waals surface area contributed by atoms with E-state index in [-0.39, 0.29) is 24.0 Å². The van der Waals surface area contributed by atoms with E-state index in [0.29, 0.717) is 19.0 Å². The van der Waals surface area contributed by atoms with E-state index in [1.54, 1.807) is 22.7 Å². The van der Waals surface area contributed by atoms with E-state index < -0.39 is 0 Å². The van der Waals surface area contributed by atoms with Crippen LogP contribution in [0.2, 0.25) is 0 Å². The summed E-state index contributed by atoms with van der Waals surface area (Å²) < 4.78 is 0. The van der Waals surface area contributed by atoms with Gasteiger partial charge in [-0.3, -0.25) is 0 Å². The Morgan fingerprint density at radius 2 is 2.09 bits per heavy atom. The largest absolute Gasteiger partial charge is 0.357 e. The van der Waals surface area contributed by atoms with E-state index in [1.165, 1.54) is 4.88 Å². The number of aryl methyl sites for hydroxylation is 1. The number of thiazole rings is 2. The first-order chi connectivity index (χ1) is 10.6. The van der Waals surface area contributed by atoms with Crippen molar-refractivity contribution in [1.82, 2.24) is 20.6 Å². The molecule has 0 aromatic carbocycles. The molecule has 2 heterocycles. The highest BCUT2D eigenvalue weighted by Crippen LogP contribution is 2.17. The number of nitrogens with one attached hydrogen (secondary N) is 2. The van der Waals surface area contributed by atoms with Crippen LogP contribution in [0.3, 0.4) is 0 Å². The number of hydrogen-bond donors (Lipinski definition) is 2. The Hall–Kier alpha value is -0.740. The van der Waals surface area contributed by atoms with Crippen molar-refractivity contribution in [2.24, 2.45) is 4.99 Å². The van der Waals surface area contributed by atoms with Gasteiger partial charge in [-0.2, -0.15) is 0 Å². The Morgan fingerprint density at radius 1 is 1.30 bits per heavy atom. The third-order valence-corrected chi connectivity index (χ3v) is 4.92. The molecule has 8 heteroatoms. The molecule has 2 rings (SSSR count). The van der Waals surface area contributed by atoms with Crippen LogP contribution in [0, 0.1) is 6.92 Å². The molecule has 0 bridgehead atoms. The molecule has 0 radical (unpaired) electrons. The van der Waals surface area contributed by atoms with Crippen molar-refractivity contribution in [3.63, 3.8) is 0 Å². The van der Waals surface area contributed by atoms with Gasteiger partial charge in [0.05, 0.1) is 30.0 Å². The van der Waals surface area contributed by atoms with Gasteiger partial charge >= 0.3 is 0 Å². The highest BCUT2D eigenvalue weighted by atomic mass is 127. The number of aromatic nitrogens is 2. The normalized spacial score (nSPS) is 11.4. The van der Waals surface area contributed by atoms with Crippen molar-refractivity contribution in [2.45, 2.75) is 46.7 Å². The minimum Gasteiger partial charge on any atom is -0.357 e. The summed E-state index contributed by atoms with van der Waals surface area (Å²) in [5, 5.41) is 9.82. The average molecular weight is 465 g/mol. The zero-order valence-electron chi connectivity index (χ0n) is 13.9. The summed E-state index contributed by atoms with van der Waals surface area (Å²) in [6.45, 7) is 10.6. The van der Waals surface area contributed by atoms with Crippen molar-refractivity contribution >= 4 is 52.6 Å². The Balaban J connectivity index is 0.00000264. The lowest BCUT2D eigenvalue weighted by Crippen LogP contribution is -2.36. The summed E-state index contributed by atoms with van der Waals surface area (Å²) in [4.78, 5) is 14.7. The van der Waals surface area contributed by atoms with Gasteiger partial charge in [0.25, 0.3) is 0 Å². The predicted octanol–water partition coefficient (Wildman–Crippen LogP) is 3.90. The summed E-state index contributed by atoms with van der Waals surface area (Å²) in [6.07, 6.45) is 0. The van der Waals surface area contributed by atoms with Gasteiger partial charge in [-0.05, 0) is 19.8 Å². The van der Waals surface area contributed by atoms with Gasteiger partial charge in [0, 0.05) is 16.8 Å². The van der Waals surface area contributed by atoms with Crippen LogP contribution in [-0.2, 0) is 13.1 Å². The van der Waals surface area contributed by atoms with Gasteiger partial charge in [-0.15, -0.1) is 46.7 Å². The van der Waals surface area contributed by atoms with Crippen LogP contribution < -0.4 is 10.6 Å². The number of guanidine groups is 1. The third kappa shape index (κ3) is 6.34. The van der Waals surface area contributed by atoms with Crippen LogP contribution in [0.1, 0.15) is 48.0 Å². The van der Waals surface area contributed by atoms with Crippen LogP contribution in [0.15, 0.2) is 15.9 Å². The van der Waals surface area contributed by atoms with Crippen molar-refractivity contribution in [3.8, 4) is 0 Å². The molecule has 0 aliphatic carbocycles. The number of rotatable bonds is 6. The van der Waals surface area contributed by atoms with Crippen molar-refractivity contribution < 1.29 is 0 Å². The average Bonchev–Trinajstić information content (AvgIpc) is 3.11. The van der Waals surface area contributed by atoms with Crippen LogP contribution in [0.25, 0.3) is 0 Å². The molecular weight excluding hydrogens is 441 g/mol. The van der Waals surface area contributed by atoms with Crippen molar-refractivity contribution in [1.29, 1.82) is 0 Å². The molecule has 2 N–H and O–H groups in total. The molecule has 128 valence electrons. The second-order valence-electron chi connectivity index (χ2n) is 5.23. The molecule has 0 aliphatic rings. The molecule has 23 heavy (non-hydrogen) atoms. The van der Waals surface area contributed by atoms with Gasteiger partial charge in [0.2, 0.25) is 0 Å².